The molecule has 6 heteroatoms. The van der Waals surface area contributed by atoms with E-state index in [1.165, 1.54) is 43.0 Å². The maximum atomic E-state index is 12.5. The molecule has 27 heavy (non-hydrogen) atoms. The number of primary sulfonamides is 1. The summed E-state index contributed by atoms with van der Waals surface area (Å²) in [5.74, 6) is 1.36. The lowest BCUT2D eigenvalue weighted by Gasteiger charge is -2.06. The molecule has 4 rings (SSSR count). The van der Waals surface area contributed by atoms with Crippen LogP contribution in [0.5, 0.6) is 0 Å². The van der Waals surface area contributed by atoms with Crippen LogP contribution in [0.3, 0.4) is 0 Å². The molecular formula is C21H24N2O3S. The van der Waals surface area contributed by atoms with Crippen LogP contribution in [-0.2, 0) is 16.4 Å². The van der Waals surface area contributed by atoms with Crippen LogP contribution >= 0.6 is 0 Å². The quantitative estimate of drug-likeness (QED) is 0.685. The van der Waals surface area contributed by atoms with Gasteiger partial charge in [-0.3, -0.25) is 4.79 Å². The molecule has 2 aromatic carbocycles. The number of hydrogen-bond acceptors (Lipinski definition) is 4. The Labute approximate surface area is 160 Å². The monoisotopic (exact) mass is 384 g/mol. The molecule has 2 aliphatic rings. The Morgan fingerprint density at radius 1 is 1.11 bits per heavy atom. The van der Waals surface area contributed by atoms with Crippen LogP contribution in [-0.4, -0.2) is 26.8 Å². The maximum Gasteiger partial charge on any atom is 0.238 e. The van der Waals surface area contributed by atoms with Gasteiger partial charge in [0.1, 0.15) is 0 Å². The number of carbonyl (C=O) groups excluding carboxylic acids is 1. The van der Waals surface area contributed by atoms with Crippen molar-refractivity contribution >= 4 is 15.8 Å². The minimum absolute atomic E-state index is 0.0397. The van der Waals surface area contributed by atoms with E-state index in [-0.39, 0.29) is 17.1 Å². The lowest BCUT2D eigenvalue weighted by molar-refractivity contribution is 0.0993. The van der Waals surface area contributed by atoms with Crippen LogP contribution < -0.4 is 10.5 Å². The molecule has 0 aromatic heterocycles. The number of benzene rings is 2. The highest BCUT2D eigenvalue weighted by Crippen LogP contribution is 2.41. The lowest BCUT2D eigenvalue weighted by atomic mass is 10.0. The summed E-state index contributed by atoms with van der Waals surface area (Å²) >= 11 is 0. The fourth-order valence-electron chi connectivity index (χ4n) is 3.45. The van der Waals surface area contributed by atoms with Gasteiger partial charge in [0.15, 0.2) is 5.78 Å². The van der Waals surface area contributed by atoms with E-state index in [1.54, 1.807) is 6.07 Å². The van der Waals surface area contributed by atoms with E-state index >= 15 is 0 Å². The molecule has 3 N–H and O–H groups in total. The highest BCUT2D eigenvalue weighted by Gasteiger charge is 2.38. The number of sulfonamides is 1. The third kappa shape index (κ3) is 4.64. The molecule has 2 fully saturated rings. The van der Waals surface area contributed by atoms with E-state index in [0.717, 1.165) is 18.0 Å². The number of nitrogens with two attached hydrogens (primary N) is 1. The number of carbonyl (C=O) groups is 1. The maximum absolute atomic E-state index is 12.5. The molecule has 2 saturated carbocycles. The van der Waals surface area contributed by atoms with Crippen molar-refractivity contribution in [1.29, 1.82) is 0 Å². The molecule has 0 saturated heterocycles. The second kappa shape index (κ2) is 7.19. The van der Waals surface area contributed by atoms with Gasteiger partial charge < -0.3 is 5.32 Å². The Bertz CT molecular complexity index is 950. The van der Waals surface area contributed by atoms with E-state index in [9.17, 15) is 13.2 Å². The molecule has 2 unspecified atom stereocenters. The van der Waals surface area contributed by atoms with Gasteiger partial charge in [-0.15, -0.1) is 0 Å². The van der Waals surface area contributed by atoms with Crippen LogP contribution in [0.1, 0.15) is 46.7 Å². The molecule has 5 nitrogen and oxygen atoms in total. The predicted molar refractivity (Wildman–Crippen MR) is 104 cm³/mol. The standard InChI is InChI=1S/C21H24N2O3S/c22-27(25,26)18-3-1-2-17(11-18)21(24)10-14-6-8-16(9-7-14)19-12-20(19)23-13-15-4-5-15/h1-3,6-9,11,15,19-20,23H,4-5,10,12-13H2,(H2,22,25,26). The van der Waals surface area contributed by atoms with Gasteiger partial charge in [0.25, 0.3) is 0 Å². The van der Waals surface area contributed by atoms with Gasteiger partial charge in [0.05, 0.1) is 4.90 Å². The molecule has 0 aliphatic heterocycles. The van der Waals surface area contributed by atoms with Gasteiger partial charge in [-0.05, 0) is 55.0 Å². The second-order valence-electron chi connectivity index (χ2n) is 7.71. The van der Waals surface area contributed by atoms with Crippen LogP contribution in [0.25, 0.3) is 0 Å². The van der Waals surface area contributed by atoms with Gasteiger partial charge in [0, 0.05) is 23.9 Å². The van der Waals surface area contributed by atoms with Gasteiger partial charge in [-0.2, -0.15) is 0 Å². The summed E-state index contributed by atoms with van der Waals surface area (Å²) in [6, 6.07) is 14.7. The Morgan fingerprint density at radius 2 is 1.85 bits per heavy atom. The van der Waals surface area contributed by atoms with Crippen molar-refractivity contribution in [3.05, 3.63) is 65.2 Å². The predicted octanol–water partition coefficient (Wildman–Crippen LogP) is 2.61. The Balaban J connectivity index is 1.36. The highest BCUT2D eigenvalue weighted by atomic mass is 32.2. The Hall–Kier alpha value is -2.02. The number of Topliss-reactive ketones (excluding diaryl/α,β-unsaturated/α-hetero) is 1. The summed E-state index contributed by atoms with van der Waals surface area (Å²) in [5.41, 5.74) is 2.60. The van der Waals surface area contributed by atoms with Crippen LogP contribution in [0, 0.1) is 5.92 Å². The van der Waals surface area contributed by atoms with Crippen LogP contribution in [0.4, 0.5) is 0 Å². The third-order valence-electron chi connectivity index (χ3n) is 5.41. The van der Waals surface area contributed by atoms with Crippen molar-refractivity contribution in [2.75, 3.05) is 6.54 Å². The van der Waals surface area contributed by atoms with Gasteiger partial charge in [-0.25, -0.2) is 13.6 Å². The molecule has 0 spiro atoms. The van der Waals surface area contributed by atoms with Crippen molar-refractivity contribution in [1.82, 2.24) is 5.32 Å². The molecule has 0 bridgehead atoms. The van der Waals surface area contributed by atoms with Crippen molar-refractivity contribution in [2.24, 2.45) is 11.1 Å². The zero-order valence-electron chi connectivity index (χ0n) is 15.1. The summed E-state index contributed by atoms with van der Waals surface area (Å²) in [6.07, 6.45) is 4.16. The molecule has 142 valence electrons. The number of hydrogen-bond donors (Lipinski definition) is 2. The third-order valence-corrected chi connectivity index (χ3v) is 6.32. The van der Waals surface area contributed by atoms with Crippen molar-refractivity contribution in [3.8, 4) is 0 Å². The smallest absolute Gasteiger partial charge is 0.238 e. The van der Waals surface area contributed by atoms with Crippen LogP contribution in [0.15, 0.2) is 53.4 Å². The SMILES string of the molecule is NS(=O)(=O)c1cccc(C(=O)Cc2ccc(C3CC3NCC3CC3)cc2)c1. The van der Waals surface area contributed by atoms with Crippen molar-refractivity contribution in [2.45, 2.75) is 42.5 Å². The summed E-state index contributed by atoms with van der Waals surface area (Å²) < 4.78 is 22.9. The van der Waals surface area contributed by atoms with Gasteiger partial charge in [-0.1, -0.05) is 36.4 Å². The zero-order chi connectivity index (χ0) is 19.0. The zero-order valence-corrected chi connectivity index (χ0v) is 15.9. The first-order chi connectivity index (χ1) is 12.9. The van der Waals surface area contributed by atoms with Gasteiger partial charge in [0.2, 0.25) is 10.0 Å². The second-order valence-corrected chi connectivity index (χ2v) is 9.28. The number of ketones is 1. The summed E-state index contributed by atoms with van der Waals surface area (Å²) in [5, 5.41) is 8.78. The molecule has 2 aliphatic carbocycles. The summed E-state index contributed by atoms with van der Waals surface area (Å²) in [7, 11) is -3.81. The first-order valence-electron chi connectivity index (χ1n) is 9.38. The Morgan fingerprint density at radius 3 is 2.52 bits per heavy atom. The van der Waals surface area contributed by atoms with E-state index in [2.05, 4.69) is 17.4 Å². The average molecular weight is 385 g/mol. The van der Waals surface area contributed by atoms with E-state index in [1.807, 2.05) is 12.1 Å². The minimum Gasteiger partial charge on any atom is -0.313 e. The average Bonchev–Trinajstić information content (AvgIpc) is 3.54. The van der Waals surface area contributed by atoms with Crippen LogP contribution in [0.2, 0.25) is 0 Å². The van der Waals surface area contributed by atoms with Crippen molar-refractivity contribution in [3.63, 3.8) is 0 Å². The lowest BCUT2D eigenvalue weighted by Crippen LogP contribution is -2.20. The minimum atomic E-state index is -3.81. The Kier molecular flexibility index (Phi) is 4.88. The fourth-order valence-corrected chi connectivity index (χ4v) is 4.01. The molecule has 0 heterocycles. The summed E-state index contributed by atoms with van der Waals surface area (Å²) in [6.45, 7) is 1.14. The number of nitrogens with one attached hydrogen (secondary N) is 1. The topological polar surface area (TPSA) is 89.3 Å². The van der Waals surface area contributed by atoms with Crippen molar-refractivity contribution < 1.29 is 13.2 Å². The molecule has 2 aromatic rings. The first kappa shape index (κ1) is 18.3. The van der Waals surface area contributed by atoms with E-state index in [0.29, 0.717) is 17.5 Å². The summed E-state index contributed by atoms with van der Waals surface area (Å²) in [4.78, 5) is 12.4. The molecule has 2 atom stereocenters. The van der Waals surface area contributed by atoms with E-state index in [4.69, 9.17) is 5.14 Å². The molecule has 0 amide bonds. The fraction of sp³-hybridized carbons (Fsp3) is 0.381. The molecular weight excluding hydrogens is 360 g/mol. The largest absolute Gasteiger partial charge is 0.313 e. The van der Waals surface area contributed by atoms with E-state index < -0.39 is 10.0 Å². The number of rotatable bonds is 8. The highest BCUT2D eigenvalue weighted by molar-refractivity contribution is 7.89. The normalized spacial score (nSPS) is 21.8. The first-order valence-corrected chi connectivity index (χ1v) is 10.9. The van der Waals surface area contributed by atoms with Gasteiger partial charge >= 0.3 is 0 Å². The molecule has 0 radical (unpaired) electrons.